The molecule has 2 heteroatoms. The maximum absolute atomic E-state index is 3.45. The van der Waals surface area contributed by atoms with Crippen LogP contribution in [0.25, 0.3) is 0 Å². The van der Waals surface area contributed by atoms with Gasteiger partial charge in [0.25, 0.3) is 0 Å². The summed E-state index contributed by atoms with van der Waals surface area (Å²) in [5.41, 5.74) is 0. The number of rotatable bonds is 3. The first-order chi connectivity index (χ1) is 6.24. The van der Waals surface area contributed by atoms with Gasteiger partial charge in [0, 0.05) is 18.6 Å². The van der Waals surface area contributed by atoms with Crippen LogP contribution < -0.4 is 5.32 Å². The average Bonchev–Trinajstić information content (AvgIpc) is 2.53. The van der Waals surface area contributed by atoms with Crippen LogP contribution in [-0.2, 0) is 0 Å². The Morgan fingerprint density at radius 3 is 2.85 bits per heavy atom. The molecule has 0 spiro atoms. The van der Waals surface area contributed by atoms with Crippen molar-refractivity contribution in [1.82, 2.24) is 10.2 Å². The minimum atomic E-state index is 0.656. The van der Waals surface area contributed by atoms with Gasteiger partial charge in [0.1, 0.15) is 0 Å². The molecule has 1 fully saturated rings. The molecule has 0 bridgehead atoms. The third-order valence-corrected chi connectivity index (χ3v) is 2.61. The van der Waals surface area contributed by atoms with Gasteiger partial charge < -0.3 is 5.32 Å². The van der Waals surface area contributed by atoms with Crippen molar-refractivity contribution in [3.8, 4) is 11.8 Å². The number of likely N-dealkylation sites (tertiary alicyclic amines) is 1. The minimum Gasteiger partial charge on any atom is -0.302 e. The summed E-state index contributed by atoms with van der Waals surface area (Å²) in [6.45, 7) is 9.66. The van der Waals surface area contributed by atoms with Crippen LogP contribution in [0.5, 0.6) is 0 Å². The second-order valence-corrected chi connectivity index (χ2v) is 3.88. The van der Waals surface area contributed by atoms with Gasteiger partial charge in [-0.1, -0.05) is 5.92 Å². The summed E-state index contributed by atoms with van der Waals surface area (Å²) in [4.78, 5) is 2.51. The van der Waals surface area contributed by atoms with Crippen LogP contribution in [0.4, 0.5) is 0 Å². The maximum Gasteiger partial charge on any atom is 0.0578 e. The van der Waals surface area contributed by atoms with Gasteiger partial charge in [-0.05, 0) is 33.7 Å². The summed E-state index contributed by atoms with van der Waals surface area (Å²) in [6, 6.07) is 1.34. The molecule has 74 valence electrons. The summed E-state index contributed by atoms with van der Waals surface area (Å²) < 4.78 is 0. The van der Waals surface area contributed by atoms with Gasteiger partial charge in [-0.25, -0.2) is 0 Å². The van der Waals surface area contributed by atoms with Crippen LogP contribution in [0.2, 0.25) is 0 Å². The minimum absolute atomic E-state index is 0.656. The quantitative estimate of drug-likeness (QED) is 0.654. The van der Waals surface area contributed by atoms with E-state index < -0.39 is 0 Å². The first kappa shape index (κ1) is 10.6. The topological polar surface area (TPSA) is 15.3 Å². The van der Waals surface area contributed by atoms with Crippen LogP contribution >= 0.6 is 0 Å². The first-order valence-corrected chi connectivity index (χ1v) is 5.11. The van der Waals surface area contributed by atoms with E-state index in [4.69, 9.17) is 0 Å². The van der Waals surface area contributed by atoms with E-state index in [9.17, 15) is 0 Å². The fourth-order valence-corrected chi connectivity index (χ4v) is 1.71. The molecule has 2 nitrogen and oxygen atoms in total. The Balaban J connectivity index is 2.20. The van der Waals surface area contributed by atoms with E-state index >= 15 is 0 Å². The highest BCUT2D eigenvalue weighted by Crippen LogP contribution is 2.11. The fraction of sp³-hybridized carbons (Fsp3) is 0.818. The van der Waals surface area contributed by atoms with Gasteiger partial charge in [-0.15, -0.1) is 5.92 Å². The second kappa shape index (κ2) is 5.26. The Morgan fingerprint density at radius 1 is 1.54 bits per heavy atom. The zero-order chi connectivity index (χ0) is 9.68. The van der Waals surface area contributed by atoms with Crippen molar-refractivity contribution in [1.29, 1.82) is 0 Å². The molecule has 0 amide bonds. The van der Waals surface area contributed by atoms with Crippen LogP contribution in [-0.4, -0.2) is 36.6 Å². The smallest absolute Gasteiger partial charge is 0.0578 e. The van der Waals surface area contributed by atoms with Crippen molar-refractivity contribution >= 4 is 0 Å². The lowest BCUT2D eigenvalue weighted by Gasteiger charge is -2.20. The van der Waals surface area contributed by atoms with Crippen molar-refractivity contribution in [2.45, 2.75) is 39.3 Å². The molecule has 1 aliphatic heterocycles. The molecule has 13 heavy (non-hydrogen) atoms. The second-order valence-electron chi connectivity index (χ2n) is 3.88. The summed E-state index contributed by atoms with van der Waals surface area (Å²) in [5, 5.41) is 3.45. The summed E-state index contributed by atoms with van der Waals surface area (Å²) >= 11 is 0. The fourth-order valence-electron chi connectivity index (χ4n) is 1.71. The standard InChI is InChI=1S/C11H20N2/c1-4-5-7-12-11-6-8-13(9-11)10(2)3/h10-12H,6-9H2,1-3H3. The van der Waals surface area contributed by atoms with E-state index in [0.29, 0.717) is 12.1 Å². The largest absolute Gasteiger partial charge is 0.302 e. The molecule has 1 aliphatic rings. The molecule has 1 atom stereocenters. The summed E-state index contributed by atoms with van der Waals surface area (Å²) in [6.07, 6.45) is 1.27. The SMILES string of the molecule is CC#CCNC1CCN(C(C)C)C1. The van der Waals surface area contributed by atoms with Gasteiger partial charge in [-0.2, -0.15) is 0 Å². The monoisotopic (exact) mass is 180 g/mol. The zero-order valence-electron chi connectivity index (χ0n) is 8.93. The lowest BCUT2D eigenvalue weighted by molar-refractivity contribution is 0.269. The predicted octanol–water partition coefficient (Wildman–Crippen LogP) is 1.08. The molecule has 0 saturated carbocycles. The van der Waals surface area contributed by atoms with Gasteiger partial charge in [0.2, 0.25) is 0 Å². The number of nitrogens with zero attached hydrogens (tertiary/aromatic N) is 1. The van der Waals surface area contributed by atoms with E-state index in [-0.39, 0.29) is 0 Å². The van der Waals surface area contributed by atoms with Crippen molar-refractivity contribution in [2.24, 2.45) is 0 Å². The zero-order valence-corrected chi connectivity index (χ0v) is 8.93. The van der Waals surface area contributed by atoms with Gasteiger partial charge >= 0.3 is 0 Å². The molecule has 1 N–H and O–H groups in total. The van der Waals surface area contributed by atoms with Crippen molar-refractivity contribution in [2.75, 3.05) is 19.6 Å². The molecule has 0 aromatic rings. The number of hydrogen-bond donors (Lipinski definition) is 1. The number of hydrogen-bond acceptors (Lipinski definition) is 2. The van der Waals surface area contributed by atoms with Crippen LogP contribution in [0.3, 0.4) is 0 Å². The molecule has 0 aromatic carbocycles. The Labute approximate surface area is 81.7 Å². The molecule has 1 heterocycles. The Morgan fingerprint density at radius 2 is 2.31 bits per heavy atom. The number of nitrogens with one attached hydrogen (secondary N) is 1. The molecular formula is C11H20N2. The van der Waals surface area contributed by atoms with Crippen molar-refractivity contribution in [3.63, 3.8) is 0 Å². The van der Waals surface area contributed by atoms with E-state index in [0.717, 1.165) is 6.54 Å². The Bertz CT molecular complexity index is 200. The lowest BCUT2D eigenvalue weighted by atomic mass is 10.2. The Hall–Kier alpha value is -0.520. The normalized spacial score (nSPS) is 23.2. The lowest BCUT2D eigenvalue weighted by Crippen LogP contribution is -2.35. The maximum atomic E-state index is 3.45. The van der Waals surface area contributed by atoms with Crippen molar-refractivity contribution < 1.29 is 0 Å². The molecule has 0 aromatic heterocycles. The van der Waals surface area contributed by atoms with Gasteiger partial charge in [0.05, 0.1) is 6.54 Å². The molecule has 0 aliphatic carbocycles. The third-order valence-electron chi connectivity index (χ3n) is 2.61. The first-order valence-electron chi connectivity index (χ1n) is 5.11. The van der Waals surface area contributed by atoms with Crippen LogP contribution in [0.1, 0.15) is 27.2 Å². The molecule has 1 rings (SSSR count). The van der Waals surface area contributed by atoms with Gasteiger partial charge in [-0.3, -0.25) is 4.90 Å². The predicted molar refractivity (Wildman–Crippen MR) is 56.6 cm³/mol. The summed E-state index contributed by atoms with van der Waals surface area (Å²) in [5.74, 6) is 5.94. The highest BCUT2D eigenvalue weighted by atomic mass is 15.2. The average molecular weight is 180 g/mol. The summed E-state index contributed by atoms with van der Waals surface area (Å²) in [7, 11) is 0. The highest BCUT2D eigenvalue weighted by molar-refractivity contribution is 4.98. The highest BCUT2D eigenvalue weighted by Gasteiger charge is 2.22. The van der Waals surface area contributed by atoms with Crippen molar-refractivity contribution in [3.05, 3.63) is 0 Å². The molecule has 1 saturated heterocycles. The van der Waals surface area contributed by atoms with E-state index in [2.05, 4.69) is 35.9 Å². The van der Waals surface area contributed by atoms with E-state index in [1.54, 1.807) is 0 Å². The molecule has 0 radical (unpaired) electrons. The van der Waals surface area contributed by atoms with Crippen LogP contribution in [0, 0.1) is 11.8 Å². The molecular weight excluding hydrogens is 160 g/mol. The molecule has 1 unspecified atom stereocenters. The third kappa shape index (κ3) is 3.38. The van der Waals surface area contributed by atoms with Gasteiger partial charge in [0.15, 0.2) is 0 Å². The van der Waals surface area contributed by atoms with Crippen LogP contribution in [0.15, 0.2) is 0 Å². The van der Waals surface area contributed by atoms with E-state index in [1.165, 1.54) is 19.5 Å². The Kier molecular flexibility index (Phi) is 4.27. The van der Waals surface area contributed by atoms with E-state index in [1.807, 2.05) is 6.92 Å².